The summed E-state index contributed by atoms with van der Waals surface area (Å²) in [7, 11) is 0. The maximum Gasteiger partial charge on any atom is 0.393 e. The topological polar surface area (TPSA) is 0 Å². The summed E-state index contributed by atoms with van der Waals surface area (Å²) >= 11 is 0. The minimum absolute atomic E-state index is 0.313. The maximum absolute atomic E-state index is 11.8. The summed E-state index contributed by atoms with van der Waals surface area (Å²) in [5, 5.41) is 0. The summed E-state index contributed by atoms with van der Waals surface area (Å²) in [6.07, 6.45) is -4.94. The van der Waals surface area contributed by atoms with Crippen LogP contribution < -0.4 is 0 Å². The van der Waals surface area contributed by atoms with Crippen LogP contribution >= 0.6 is 0 Å². The lowest BCUT2D eigenvalue weighted by atomic mass is 10.1. The van der Waals surface area contributed by atoms with Crippen LogP contribution in [0.3, 0.4) is 0 Å². The van der Waals surface area contributed by atoms with Crippen molar-refractivity contribution in [1.82, 2.24) is 0 Å². The molecule has 0 saturated carbocycles. The Labute approximate surface area is 69.0 Å². The maximum atomic E-state index is 11.8. The van der Waals surface area contributed by atoms with E-state index in [1.165, 1.54) is 12.1 Å². The highest BCUT2D eigenvalue weighted by molar-refractivity contribution is 5.21. The summed E-state index contributed by atoms with van der Waals surface area (Å²) in [6.45, 7) is 1.84. The Balaban J connectivity index is 2.71. The van der Waals surface area contributed by atoms with Crippen LogP contribution in [-0.2, 0) is 6.42 Å². The normalized spacial score (nSPS) is 11.7. The molecule has 0 spiro atoms. The van der Waals surface area contributed by atoms with E-state index in [0.717, 1.165) is 5.56 Å². The first-order chi connectivity index (χ1) is 5.47. The first-order valence-corrected chi connectivity index (χ1v) is 3.60. The molecule has 0 heterocycles. The van der Waals surface area contributed by atoms with E-state index in [9.17, 15) is 13.2 Å². The van der Waals surface area contributed by atoms with Gasteiger partial charge in [-0.05, 0) is 12.5 Å². The predicted octanol–water partition coefficient (Wildman–Crippen LogP) is 3.10. The van der Waals surface area contributed by atoms with Crippen molar-refractivity contribution in [1.29, 1.82) is 0 Å². The zero-order valence-corrected chi connectivity index (χ0v) is 6.65. The second kappa shape index (κ2) is 3.17. The second-order valence-electron chi connectivity index (χ2n) is 2.78. The largest absolute Gasteiger partial charge is 0.393 e. The molecule has 0 unspecified atom stereocenters. The Morgan fingerprint density at radius 3 is 2.00 bits per heavy atom. The van der Waals surface area contributed by atoms with E-state index in [1.54, 1.807) is 12.1 Å². The fraction of sp³-hybridized carbons (Fsp3) is 0.333. The Morgan fingerprint density at radius 2 is 1.58 bits per heavy atom. The van der Waals surface area contributed by atoms with Crippen molar-refractivity contribution in [2.45, 2.75) is 19.5 Å². The summed E-state index contributed by atoms with van der Waals surface area (Å²) in [4.78, 5) is 0. The van der Waals surface area contributed by atoms with E-state index < -0.39 is 12.6 Å². The molecule has 1 aromatic carbocycles. The monoisotopic (exact) mass is 174 g/mol. The third kappa shape index (κ3) is 2.95. The Kier molecular flexibility index (Phi) is 2.40. The average molecular weight is 174 g/mol. The molecular formula is C9H9F3. The Morgan fingerprint density at radius 1 is 1.08 bits per heavy atom. The zero-order chi connectivity index (χ0) is 9.19. The van der Waals surface area contributed by atoms with Crippen molar-refractivity contribution in [3.63, 3.8) is 0 Å². The molecule has 0 atom stereocenters. The van der Waals surface area contributed by atoms with Gasteiger partial charge in [-0.2, -0.15) is 13.2 Å². The fourth-order valence-corrected chi connectivity index (χ4v) is 0.937. The molecule has 0 aromatic heterocycles. The standard InChI is InChI=1S/C9H9F3/c1-7-2-4-8(5-3-7)6-9(10,11)12/h2-5H,6H2,1H3. The number of rotatable bonds is 1. The molecule has 0 aliphatic heterocycles. The lowest BCUT2D eigenvalue weighted by molar-refractivity contribution is -0.127. The predicted molar refractivity (Wildman–Crippen MR) is 40.9 cm³/mol. The Hall–Kier alpha value is -0.990. The molecule has 0 aliphatic carbocycles. The molecule has 12 heavy (non-hydrogen) atoms. The number of halogens is 3. The third-order valence-corrected chi connectivity index (χ3v) is 1.53. The zero-order valence-electron chi connectivity index (χ0n) is 6.65. The van der Waals surface area contributed by atoms with Crippen LogP contribution in [0.1, 0.15) is 11.1 Å². The van der Waals surface area contributed by atoms with E-state index in [0.29, 0.717) is 5.56 Å². The molecule has 0 bridgehead atoms. The minimum Gasteiger partial charge on any atom is -0.171 e. The van der Waals surface area contributed by atoms with Crippen molar-refractivity contribution in [3.05, 3.63) is 35.4 Å². The van der Waals surface area contributed by atoms with Crippen molar-refractivity contribution >= 4 is 0 Å². The Bertz CT molecular complexity index is 245. The molecule has 0 radical (unpaired) electrons. The van der Waals surface area contributed by atoms with Gasteiger partial charge < -0.3 is 0 Å². The molecular weight excluding hydrogens is 165 g/mol. The van der Waals surface area contributed by atoms with Gasteiger partial charge in [-0.1, -0.05) is 29.8 Å². The molecule has 3 heteroatoms. The number of alkyl halides is 3. The van der Waals surface area contributed by atoms with Gasteiger partial charge in [0.25, 0.3) is 0 Å². The molecule has 1 rings (SSSR count). The highest BCUT2D eigenvalue weighted by Gasteiger charge is 2.27. The quantitative estimate of drug-likeness (QED) is 0.613. The lowest BCUT2D eigenvalue weighted by Crippen LogP contribution is -2.11. The number of aryl methyl sites for hydroxylation is 1. The third-order valence-electron chi connectivity index (χ3n) is 1.53. The van der Waals surface area contributed by atoms with Gasteiger partial charge in [0.2, 0.25) is 0 Å². The molecule has 0 aliphatic rings. The van der Waals surface area contributed by atoms with Crippen molar-refractivity contribution < 1.29 is 13.2 Å². The molecule has 0 fully saturated rings. The van der Waals surface area contributed by atoms with E-state index in [1.807, 2.05) is 6.92 Å². The van der Waals surface area contributed by atoms with Gasteiger partial charge in [0.05, 0.1) is 6.42 Å². The summed E-state index contributed by atoms with van der Waals surface area (Å²) in [5.41, 5.74) is 1.29. The SMILES string of the molecule is Cc1ccc(CC(F)(F)F)cc1. The van der Waals surface area contributed by atoms with Crippen molar-refractivity contribution in [2.75, 3.05) is 0 Å². The van der Waals surface area contributed by atoms with E-state index in [2.05, 4.69) is 0 Å². The van der Waals surface area contributed by atoms with E-state index in [-0.39, 0.29) is 0 Å². The van der Waals surface area contributed by atoms with Gasteiger partial charge in [0.15, 0.2) is 0 Å². The van der Waals surface area contributed by atoms with Crippen LogP contribution in [0.2, 0.25) is 0 Å². The van der Waals surface area contributed by atoms with Crippen LogP contribution in [0.15, 0.2) is 24.3 Å². The van der Waals surface area contributed by atoms with E-state index >= 15 is 0 Å². The summed E-state index contributed by atoms with van der Waals surface area (Å²) in [6, 6.07) is 6.37. The smallest absolute Gasteiger partial charge is 0.171 e. The fourth-order valence-electron chi connectivity index (χ4n) is 0.937. The summed E-state index contributed by atoms with van der Waals surface area (Å²) in [5.74, 6) is 0. The van der Waals surface area contributed by atoms with Gasteiger partial charge in [-0.15, -0.1) is 0 Å². The first kappa shape index (κ1) is 9.10. The van der Waals surface area contributed by atoms with Crippen LogP contribution in [0.4, 0.5) is 13.2 Å². The highest BCUT2D eigenvalue weighted by atomic mass is 19.4. The first-order valence-electron chi connectivity index (χ1n) is 3.60. The highest BCUT2D eigenvalue weighted by Crippen LogP contribution is 2.21. The number of hydrogen-bond acceptors (Lipinski definition) is 0. The number of hydrogen-bond donors (Lipinski definition) is 0. The van der Waals surface area contributed by atoms with Crippen LogP contribution in [0, 0.1) is 6.92 Å². The van der Waals surface area contributed by atoms with Crippen LogP contribution in [0.5, 0.6) is 0 Å². The van der Waals surface area contributed by atoms with Gasteiger partial charge in [0, 0.05) is 0 Å². The second-order valence-corrected chi connectivity index (χ2v) is 2.78. The molecule has 0 amide bonds. The van der Waals surface area contributed by atoms with Crippen LogP contribution in [-0.4, -0.2) is 6.18 Å². The average Bonchev–Trinajstić information content (AvgIpc) is 1.91. The molecule has 1 aromatic rings. The lowest BCUT2D eigenvalue weighted by Gasteiger charge is -2.05. The van der Waals surface area contributed by atoms with Crippen molar-refractivity contribution in [2.24, 2.45) is 0 Å². The van der Waals surface area contributed by atoms with Gasteiger partial charge in [0.1, 0.15) is 0 Å². The minimum atomic E-state index is -4.10. The van der Waals surface area contributed by atoms with Gasteiger partial charge in [-0.25, -0.2) is 0 Å². The molecule has 0 nitrogen and oxygen atoms in total. The van der Waals surface area contributed by atoms with Gasteiger partial charge >= 0.3 is 6.18 Å². The van der Waals surface area contributed by atoms with Crippen LogP contribution in [0.25, 0.3) is 0 Å². The van der Waals surface area contributed by atoms with Crippen molar-refractivity contribution in [3.8, 4) is 0 Å². The molecule has 66 valence electrons. The van der Waals surface area contributed by atoms with E-state index in [4.69, 9.17) is 0 Å². The molecule has 0 N–H and O–H groups in total. The van der Waals surface area contributed by atoms with Gasteiger partial charge in [-0.3, -0.25) is 0 Å². The molecule has 0 saturated heterocycles. The number of benzene rings is 1. The summed E-state index contributed by atoms with van der Waals surface area (Å²) < 4.78 is 35.5.